The number of hydrogen-bond acceptors (Lipinski definition) is 5. The first-order valence-electron chi connectivity index (χ1n) is 5.63. The lowest BCUT2D eigenvalue weighted by Crippen LogP contribution is -2.36. The van der Waals surface area contributed by atoms with E-state index >= 15 is 0 Å². The first kappa shape index (κ1) is 16.4. The van der Waals surface area contributed by atoms with Crippen molar-refractivity contribution in [1.82, 2.24) is 4.31 Å². The fourth-order valence-electron chi connectivity index (χ4n) is 1.48. The van der Waals surface area contributed by atoms with Crippen LogP contribution in [0.1, 0.15) is 12.5 Å². The SMILES string of the molecule is CCN(CC(=O)OC)S(=O)(=O)c1cc(C#N)ccc1Cl. The molecule has 0 aromatic heterocycles. The van der Waals surface area contributed by atoms with E-state index in [1.165, 1.54) is 25.3 Å². The van der Waals surface area contributed by atoms with Gasteiger partial charge in [-0.05, 0) is 18.2 Å². The molecule has 1 aromatic carbocycles. The molecule has 0 saturated carbocycles. The summed E-state index contributed by atoms with van der Waals surface area (Å²) in [5.74, 6) is -0.678. The second kappa shape index (κ2) is 6.70. The van der Waals surface area contributed by atoms with Gasteiger partial charge in [0, 0.05) is 6.54 Å². The van der Waals surface area contributed by atoms with Crippen molar-refractivity contribution in [2.24, 2.45) is 0 Å². The van der Waals surface area contributed by atoms with E-state index in [9.17, 15) is 13.2 Å². The largest absolute Gasteiger partial charge is 0.468 e. The number of nitriles is 1. The summed E-state index contributed by atoms with van der Waals surface area (Å²) in [4.78, 5) is 11.0. The Kier molecular flexibility index (Phi) is 5.51. The zero-order valence-corrected chi connectivity index (χ0v) is 12.5. The van der Waals surface area contributed by atoms with Crippen LogP contribution in [0, 0.1) is 11.3 Å². The lowest BCUT2D eigenvalue weighted by atomic mass is 10.2. The maximum absolute atomic E-state index is 12.4. The molecular formula is C12H13ClN2O4S. The third-order valence-electron chi connectivity index (χ3n) is 2.56. The second-order valence-electron chi connectivity index (χ2n) is 3.76. The van der Waals surface area contributed by atoms with Crippen LogP contribution in [0.15, 0.2) is 23.1 Å². The summed E-state index contributed by atoms with van der Waals surface area (Å²) in [6, 6.07) is 5.77. The summed E-state index contributed by atoms with van der Waals surface area (Å²) in [6.45, 7) is 1.25. The van der Waals surface area contributed by atoms with Gasteiger partial charge in [0.15, 0.2) is 0 Å². The van der Waals surface area contributed by atoms with E-state index in [-0.39, 0.29) is 22.0 Å². The standard InChI is InChI=1S/C12H13ClN2O4S/c1-3-15(8-12(16)19-2)20(17,18)11-6-9(7-14)4-5-10(11)13/h4-6H,3,8H2,1-2H3. The summed E-state index contributed by atoms with van der Waals surface area (Å²) < 4.78 is 30.2. The molecule has 0 atom stereocenters. The molecule has 8 heteroatoms. The predicted molar refractivity (Wildman–Crippen MR) is 72.6 cm³/mol. The molecular weight excluding hydrogens is 304 g/mol. The van der Waals surface area contributed by atoms with Crippen molar-refractivity contribution in [1.29, 1.82) is 5.26 Å². The fraction of sp³-hybridized carbons (Fsp3) is 0.333. The van der Waals surface area contributed by atoms with E-state index in [1.807, 2.05) is 6.07 Å². The van der Waals surface area contributed by atoms with Crippen LogP contribution >= 0.6 is 11.6 Å². The molecule has 0 spiro atoms. The molecule has 0 heterocycles. The lowest BCUT2D eigenvalue weighted by Gasteiger charge is -2.19. The number of hydrogen-bond donors (Lipinski definition) is 0. The monoisotopic (exact) mass is 316 g/mol. The second-order valence-corrected chi connectivity index (χ2v) is 6.08. The van der Waals surface area contributed by atoms with Crippen molar-refractivity contribution < 1.29 is 17.9 Å². The van der Waals surface area contributed by atoms with E-state index in [4.69, 9.17) is 16.9 Å². The Morgan fingerprint density at radius 2 is 2.15 bits per heavy atom. The van der Waals surface area contributed by atoms with Gasteiger partial charge in [-0.15, -0.1) is 0 Å². The van der Waals surface area contributed by atoms with Gasteiger partial charge in [0.25, 0.3) is 0 Å². The normalized spacial score (nSPS) is 11.2. The minimum atomic E-state index is -3.97. The highest BCUT2D eigenvalue weighted by Crippen LogP contribution is 2.25. The molecule has 0 fully saturated rings. The molecule has 0 radical (unpaired) electrons. The summed E-state index contributed by atoms with van der Waals surface area (Å²) in [5.41, 5.74) is 0.169. The van der Waals surface area contributed by atoms with Crippen LogP contribution in [0.4, 0.5) is 0 Å². The fourth-order valence-corrected chi connectivity index (χ4v) is 3.38. The van der Waals surface area contributed by atoms with Gasteiger partial charge in [0.2, 0.25) is 10.0 Å². The van der Waals surface area contributed by atoms with E-state index in [1.54, 1.807) is 6.92 Å². The highest BCUT2D eigenvalue weighted by atomic mass is 35.5. The first-order valence-corrected chi connectivity index (χ1v) is 7.45. The Balaban J connectivity index is 3.27. The molecule has 0 bridgehead atoms. The molecule has 6 nitrogen and oxygen atoms in total. The minimum absolute atomic E-state index is 0.00711. The van der Waals surface area contributed by atoms with Crippen LogP contribution < -0.4 is 0 Å². The predicted octanol–water partition coefficient (Wildman–Crippen LogP) is 1.40. The molecule has 1 rings (SSSR count). The molecule has 0 aliphatic carbocycles. The number of carbonyl (C=O) groups excluding carboxylic acids is 1. The number of methoxy groups -OCH3 is 1. The van der Waals surface area contributed by atoms with E-state index in [2.05, 4.69) is 4.74 Å². The van der Waals surface area contributed by atoms with Crippen molar-refractivity contribution in [3.63, 3.8) is 0 Å². The molecule has 0 saturated heterocycles. The van der Waals surface area contributed by atoms with Gasteiger partial charge in [-0.1, -0.05) is 18.5 Å². The van der Waals surface area contributed by atoms with Crippen LogP contribution in [0.5, 0.6) is 0 Å². The summed E-state index contributed by atoms with van der Waals surface area (Å²) in [6.07, 6.45) is 0. The summed E-state index contributed by atoms with van der Waals surface area (Å²) in [7, 11) is -2.80. The maximum atomic E-state index is 12.4. The van der Waals surface area contributed by atoms with Gasteiger partial charge in [-0.3, -0.25) is 4.79 Å². The Morgan fingerprint density at radius 1 is 1.50 bits per heavy atom. The van der Waals surface area contributed by atoms with Crippen molar-refractivity contribution in [3.8, 4) is 6.07 Å². The van der Waals surface area contributed by atoms with Gasteiger partial charge < -0.3 is 4.74 Å². The Bertz CT molecular complexity index is 652. The molecule has 0 unspecified atom stereocenters. The number of halogens is 1. The van der Waals surface area contributed by atoms with Gasteiger partial charge in [0.05, 0.1) is 23.8 Å². The third-order valence-corrected chi connectivity index (χ3v) is 4.97. The highest BCUT2D eigenvalue weighted by molar-refractivity contribution is 7.89. The highest BCUT2D eigenvalue weighted by Gasteiger charge is 2.28. The maximum Gasteiger partial charge on any atom is 0.321 e. The number of nitrogens with zero attached hydrogens (tertiary/aromatic N) is 2. The van der Waals surface area contributed by atoms with Gasteiger partial charge in [-0.2, -0.15) is 9.57 Å². The van der Waals surface area contributed by atoms with Crippen LogP contribution in [0.25, 0.3) is 0 Å². The van der Waals surface area contributed by atoms with Gasteiger partial charge >= 0.3 is 5.97 Å². The van der Waals surface area contributed by atoms with Gasteiger partial charge in [-0.25, -0.2) is 8.42 Å². The smallest absolute Gasteiger partial charge is 0.321 e. The molecule has 0 aliphatic rings. The summed E-state index contributed by atoms with van der Waals surface area (Å²) >= 11 is 5.88. The number of sulfonamides is 1. The summed E-state index contributed by atoms with van der Waals surface area (Å²) in [5, 5.41) is 8.82. The van der Waals surface area contributed by atoms with Crippen molar-refractivity contribution >= 4 is 27.6 Å². The zero-order chi connectivity index (χ0) is 15.3. The van der Waals surface area contributed by atoms with E-state index in [0.29, 0.717) is 0 Å². The van der Waals surface area contributed by atoms with Crippen molar-refractivity contribution in [2.75, 3.05) is 20.2 Å². The Labute approximate surface area is 122 Å². The number of ether oxygens (including phenoxy) is 1. The molecule has 0 aliphatic heterocycles. The van der Waals surface area contributed by atoms with Crippen molar-refractivity contribution in [2.45, 2.75) is 11.8 Å². The number of esters is 1. The van der Waals surface area contributed by atoms with Gasteiger partial charge in [0.1, 0.15) is 11.4 Å². The van der Waals surface area contributed by atoms with E-state index in [0.717, 1.165) is 4.31 Å². The first-order chi connectivity index (χ1) is 9.36. The van der Waals surface area contributed by atoms with Crippen LogP contribution in [0.3, 0.4) is 0 Å². The van der Waals surface area contributed by atoms with Crippen LogP contribution in [-0.2, 0) is 19.6 Å². The molecule has 20 heavy (non-hydrogen) atoms. The number of rotatable bonds is 5. The molecule has 1 aromatic rings. The van der Waals surface area contributed by atoms with Crippen LogP contribution in [0.2, 0.25) is 5.02 Å². The third kappa shape index (κ3) is 3.48. The van der Waals surface area contributed by atoms with Crippen LogP contribution in [-0.4, -0.2) is 38.9 Å². The average Bonchev–Trinajstić information content (AvgIpc) is 2.44. The molecule has 108 valence electrons. The number of carbonyl (C=O) groups is 1. The Morgan fingerprint density at radius 3 is 2.65 bits per heavy atom. The minimum Gasteiger partial charge on any atom is -0.468 e. The van der Waals surface area contributed by atoms with E-state index < -0.39 is 22.5 Å². The topological polar surface area (TPSA) is 87.5 Å². The zero-order valence-electron chi connectivity index (χ0n) is 11.0. The lowest BCUT2D eigenvalue weighted by molar-refractivity contribution is -0.140. The molecule has 0 amide bonds. The Hall–Kier alpha value is -1.62. The van der Waals surface area contributed by atoms with Crippen molar-refractivity contribution in [3.05, 3.63) is 28.8 Å². The molecule has 0 N–H and O–H groups in total. The number of likely N-dealkylation sites (N-methyl/N-ethyl adjacent to an activating group) is 1. The number of benzene rings is 1. The average molecular weight is 317 g/mol. The quantitative estimate of drug-likeness (QED) is 0.766.